The lowest BCUT2D eigenvalue weighted by molar-refractivity contribution is 0.125. The Kier molecular flexibility index (Phi) is 6.93. The lowest BCUT2D eigenvalue weighted by Gasteiger charge is -2.16. The van der Waals surface area contributed by atoms with E-state index in [1.54, 1.807) is 6.19 Å². The van der Waals surface area contributed by atoms with E-state index in [-0.39, 0.29) is 0 Å². The van der Waals surface area contributed by atoms with E-state index in [1.165, 1.54) is 0 Å². The molecule has 13 heavy (non-hydrogen) atoms. The van der Waals surface area contributed by atoms with Crippen LogP contribution < -0.4 is 0 Å². The van der Waals surface area contributed by atoms with Crippen LogP contribution in [0.3, 0.4) is 0 Å². The Bertz CT molecular complexity index is 196. The van der Waals surface area contributed by atoms with E-state index >= 15 is 0 Å². The molecule has 0 spiro atoms. The summed E-state index contributed by atoms with van der Waals surface area (Å²) in [6.07, 6.45) is 2.79. The van der Waals surface area contributed by atoms with E-state index in [2.05, 4.69) is 11.9 Å². The van der Waals surface area contributed by atoms with Crippen molar-refractivity contribution in [2.24, 2.45) is 4.99 Å². The van der Waals surface area contributed by atoms with E-state index < -0.39 is 0 Å². The molecule has 0 bridgehead atoms. The Morgan fingerprint density at radius 3 is 2.77 bits per heavy atom. The number of amidine groups is 1. The van der Waals surface area contributed by atoms with Crippen LogP contribution in [0.5, 0.6) is 0 Å². The normalized spacial score (nSPS) is 11.1. The molecule has 4 nitrogen and oxygen atoms in total. The summed E-state index contributed by atoms with van der Waals surface area (Å²) in [4.78, 5) is 5.52. The van der Waals surface area contributed by atoms with Gasteiger partial charge >= 0.3 is 0 Å². The van der Waals surface area contributed by atoms with Crippen LogP contribution in [0.2, 0.25) is 0 Å². The van der Waals surface area contributed by atoms with Crippen molar-refractivity contribution >= 4 is 5.84 Å². The first kappa shape index (κ1) is 11.9. The number of hydrogen-bond acceptors (Lipinski definition) is 3. The van der Waals surface area contributed by atoms with Gasteiger partial charge in [0, 0.05) is 20.2 Å². The third kappa shape index (κ3) is 6.12. The van der Waals surface area contributed by atoms with Crippen molar-refractivity contribution < 1.29 is 4.74 Å². The quantitative estimate of drug-likeness (QED) is 0.279. The van der Waals surface area contributed by atoms with Crippen LogP contribution in [0.15, 0.2) is 4.99 Å². The predicted octanol–water partition coefficient (Wildman–Crippen LogP) is 1.24. The molecular formula is C9H17N3O. The lowest BCUT2D eigenvalue weighted by atomic mass is 10.5. The Hall–Kier alpha value is -1.08. The summed E-state index contributed by atoms with van der Waals surface area (Å²) in [5, 5.41) is 8.30. The molecule has 0 heterocycles. The predicted molar refractivity (Wildman–Crippen MR) is 52.5 cm³/mol. The first-order valence-corrected chi connectivity index (χ1v) is 4.44. The molecule has 0 aromatic heterocycles. The van der Waals surface area contributed by atoms with Gasteiger partial charge in [-0.15, -0.1) is 0 Å². The molecule has 0 aliphatic rings. The van der Waals surface area contributed by atoms with Crippen LogP contribution in [-0.2, 0) is 4.74 Å². The van der Waals surface area contributed by atoms with Crippen LogP contribution in [0, 0.1) is 11.5 Å². The Morgan fingerprint density at radius 2 is 2.23 bits per heavy atom. The molecule has 0 aromatic carbocycles. The van der Waals surface area contributed by atoms with E-state index in [9.17, 15) is 0 Å². The highest BCUT2D eigenvalue weighted by Gasteiger charge is 1.99. The molecule has 0 saturated carbocycles. The van der Waals surface area contributed by atoms with Crippen molar-refractivity contribution in [2.45, 2.75) is 20.3 Å². The third-order valence-corrected chi connectivity index (χ3v) is 1.68. The van der Waals surface area contributed by atoms with Gasteiger partial charge in [0.2, 0.25) is 6.19 Å². The molecule has 0 N–H and O–H groups in total. The van der Waals surface area contributed by atoms with Crippen LogP contribution in [-0.4, -0.2) is 37.5 Å². The maximum atomic E-state index is 8.30. The van der Waals surface area contributed by atoms with Crippen LogP contribution in [0.25, 0.3) is 0 Å². The largest absolute Gasteiger partial charge is 0.380 e. The standard InChI is InChI=1S/C9H17N3O/c1-4-6-13-7-5-12(3)9(2)11-8-10/h4-7H2,1-3H3. The van der Waals surface area contributed by atoms with Gasteiger partial charge in [-0.05, 0) is 13.3 Å². The molecule has 0 amide bonds. The van der Waals surface area contributed by atoms with Crippen molar-refractivity contribution in [3.05, 3.63) is 0 Å². The van der Waals surface area contributed by atoms with Crippen LogP contribution in [0.1, 0.15) is 20.3 Å². The Balaban J connectivity index is 3.57. The average molecular weight is 183 g/mol. The highest BCUT2D eigenvalue weighted by molar-refractivity contribution is 5.80. The van der Waals surface area contributed by atoms with Gasteiger partial charge in [0.1, 0.15) is 5.84 Å². The van der Waals surface area contributed by atoms with Gasteiger partial charge in [0.25, 0.3) is 0 Å². The minimum absolute atomic E-state index is 0.683. The number of rotatable bonds is 5. The molecule has 0 atom stereocenters. The highest BCUT2D eigenvalue weighted by atomic mass is 16.5. The van der Waals surface area contributed by atoms with E-state index in [4.69, 9.17) is 10.00 Å². The van der Waals surface area contributed by atoms with Gasteiger partial charge in [-0.25, -0.2) is 0 Å². The van der Waals surface area contributed by atoms with Crippen LogP contribution >= 0.6 is 0 Å². The fourth-order valence-electron chi connectivity index (χ4n) is 0.767. The number of aliphatic imine (C=N–C) groups is 1. The van der Waals surface area contributed by atoms with E-state index in [1.807, 2.05) is 18.9 Å². The van der Waals surface area contributed by atoms with Gasteiger partial charge in [-0.1, -0.05) is 6.92 Å². The minimum Gasteiger partial charge on any atom is -0.380 e. The molecule has 0 aromatic rings. The average Bonchev–Trinajstić information content (AvgIpc) is 2.12. The molecule has 0 saturated heterocycles. The molecule has 0 radical (unpaired) electrons. The third-order valence-electron chi connectivity index (χ3n) is 1.68. The Labute approximate surface area is 79.8 Å². The topological polar surface area (TPSA) is 48.6 Å². The van der Waals surface area contributed by atoms with Crippen molar-refractivity contribution in [1.82, 2.24) is 4.90 Å². The second-order valence-corrected chi connectivity index (χ2v) is 2.79. The monoisotopic (exact) mass is 183 g/mol. The summed E-state index contributed by atoms with van der Waals surface area (Å²) in [6.45, 7) is 6.14. The number of ether oxygens (including phenoxy) is 1. The fraction of sp³-hybridized carbons (Fsp3) is 0.778. The van der Waals surface area contributed by atoms with Crippen molar-refractivity contribution in [3.63, 3.8) is 0 Å². The molecule has 0 unspecified atom stereocenters. The molecule has 0 aliphatic carbocycles. The molecule has 4 heteroatoms. The van der Waals surface area contributed by atoms with Crippen molar-refractivity contribution in [1.29, 1.82) is 5.26 Å². The zero-order valence-corrected chi connectivity index (χ0v) is 8.58. The van der Waals surface area contributed by atoms with E-state index in [0.29, 0.717) is 6.61 Å². The summed E-state index contributed by atoms with van der Waals surface area (Å²) in [6, 6.07) is 0. The highest BCUT2D eigenvalue weighted by Crippen LogP contribution is 1.88. The summed E-state index contributed by atoms with van der Waals surface area (Å²) < 4.78 is 5.30. The number of nitrogens with zero attached hydrogens (tertiary/aromatic N) is 3. The van der Waals surface area contributed by atoms with Gasteiger partial charge in [-0.2, -0.15) is 10.3 Å². The summed E-state index contributed by atoms with van der Waals surface area (Å²) >= 11 is 0. The first-order chi connectivity index (χ1) is 6.22. The summed E-state index contributed by atoms with van der Waals surface area (Å²) in [7, 11) is 1.89. The van der Waals surface area contributed by atoms with Crippen LogP contribution in [0.4, 0.5) is 0 Å². The van der Waals surface area contributed by atoms with Gasteiger partial charge in [-0.3, -0.25) is 0 Å². The molecule has 0 fully saturated rings. The summed E-state index contributed by atoms with van der Waals surface area (Å²) in [5.41, 5.74) is 0. The number of nitriles is 1. The fourth-order valence-corrected chi connectivity index (χ4v) is 0.767. The number of hydrogen-bond donors (Lipinski definition) is 0. The van der Waals surface area contributed by atoms with Gasteiger partial charge in [0.05, 0.1) is 6.61 Å². The zero-order chi connectivity index (χ0) is 10.1. The van der Waals surface area contributed by atoms with Crippen molar-refractivity contribution in [2.75, 3.05) is 26.8 Å². The maximum absolute atomic E-state index is 8.30. The Morgan fingerprint density at radius 1 is 1.54 bits per heavy atom. The van der Waals surface area contributed by atoms with E-state index in [0.717, 1.165) is 25.4 Å². The molecule has 0 rings (SSSR count). The minimum atomic E-state index is 0.683. The molecular weight excluding hydrogens is 166 g/mol. The maximum Gasteiger partial charge on any atom is 0.207 e. The number of likely N-dealkylation sites (N-methyl/N-ethyl adjacent to an activating group) is 1. The zero-order valence-electron chi connectivity index (χ0n) is 8.58. The first-order valence-electron chi connectivity index (χ1n) is 4.44. The lowest BCUT2D eigenvalue weighted by Crippen LogP contribution is -2.28. The van der Waals surface area contributed by atoms with Gasteiger partial charge in [0.15, 0.2) is 0 Å². The second-order valence-electron chi connectivity index (χ2n) is 2.79. The SMILES string of the molecule is CCCOCCN(C)C(C)=NC#N. The molecule has 74 valence electrons. The summed E-state index contributed by atoms with van der Waals surface area (Å²) in [5.74, 6) is 0.725. The van der Waals surface area contributed by atoms with Crippen molar-refractivity contribution in [3.8, 4) is 6.19 Å². The van der Waals surface area contributed by atoms with Gasteiger partial charge < -0.3 is 9.64 Å². The smallest absolute Gasteiger partial charge is 0.207 e. The second kappa shape index (κ2) is 7.56. The molecule has 0 aliphatic heterocycles.